The Morgan fingerprint density at radius 3 is 2.00 bits per heavy atom. The van der Waals surface area contributed by atoms with Gasteiger partial charge in [-0.25, -0.2) is 9.18 Å². The second-order valence-corrected chi connectivity index (χ2v) is 4.50. The summed E-state index contributed by atoms with van der Waals surface area (Å²) in [5, 5.41) is 9.23. The zero-order chi connectivity index (χ0) is 15.2. The highest BCUT2D eigenvalue weighted by Gasteiger charge is 2.09. The van der Waals surface area contributed by atoms with E-state index in [1.807, 2.05) is 19.1 Å². The number of hydrogen-bond acceptors (Lipinski definition) is 1. The van der Waals surface area contributed by atoms with Crippen molar-refractivity contribution in [1.29, 1.82) is 0 Å². The first kappa shape index (κ1) is 14.7. The number of carboxylic acid groups (broad SMARTS) is 1. The summed E-state index contributed by atoms with van der Waals surface area (Å²) in [5.41, 5.74) is 2.66. The highest BCUT2D eigenvalue weighted by Crippen LogP contribution is 2.23. The molecule has 0 heterocycles. The smallest absolute Gasteiger partial charge is 0.336 e. The van der Waals surface area contributed by atoms with Crippen molar-refractivity contribution in [3.05, 3.63) is 78.1 Å². The van der Waals surface area contributed by atoms with Gasteiger partial charge in [-0.2, -0.15) is 0 Å². The van der Waals surface area contributed by atoms with Crippen LogP contribution in [-0.4, -0.2) is 11.1 Å². The predicted molar refractivity (Wildman–Crippen MR) is 82.3 cm³/mol. The summed E-state index contributed by atoms with van der Waals surface area (Å²) in [4.78, 5) is 11.3. The number of aliphatic carboxylic acids is 1. The summed E-state index contributed by atoms with van der Waals surface area (Å²) in [7, 11) is 0. The minimum Gasteiger partial charge on any atom is -0.478 e. The first-order valence-electron chi connectivity index (χ1n) is 6.54. The first-order valence-corrected chi connectivity index (χ1v) is 6.54. The Morgan fingerprint density at radius 2 is 1.52 bits per heavy atom. The third-order valence-corrected chi connectivity index (χ3v) is 3.06. The Bertz CT molecular complexity index is 680. The van der Waals surface area contributed by atoms with Crippen molar-refractivity contribution >= 4 is 11.5 Å². The molecule has 21 heavy (non-hydrogen) atoms. The van der Waals surface area contributed by atoms with E-state index in [4.69, 9.17) is 0 Å². The van der Waals surface area contributed by atoms with Gasteiger partial charge in [-0.15, -0.1) is 0 Å². The van der Waals surface area contributed by atoms with Gasteiger partial charge in [-0.3, -0.25) is 0 Å². The average Bonchev–Trinajstić information content (AvgIpc) is 2.49. The lowest BCUT2D eigenvalue weighted by Gasteiger charge is -2.05. The van der Waals surface area contributed by atoms with Crippen LogP contribution in [0.4, 0.5) is 4.39 Å². The maximum atomic E-state index is 12.9. The molecule has 106 valence electrons. The van der Waals surface area contributed by atoms with Crippen molar-refractivity contribution < 1.29 is 14.3 Å². The molecule has 0 amide bonds. The molecule has 0 fully saturated rings. The quantitative estimate of drug-likeness (QED) is 0.660. The molecule has 0 aliphatic rings. The zero-order valence-electron chi connectivity index (χ0n) is 11.6. The summed E-state index contributed by atoms with van der Waals surface area (Å²) < 4.78 is 12.9. The number of hydrogen-bond donors (Lipinski definition) is 1. The fourth-order valence-electron chi connectivity index (χ4n) is 1.97. The molecular formula is C18H15FO2. The second kappa shape index (κ2) is 6.66. The zero-order valence-corrected chi connectivity index (χ0v) is 11.6. The monoisotopic (exact) mass is 282 g/mol. The van der Waals surface area contributed by atoms with Gasteiger partial charge >= 0.3 is 5.97 Å². The number of carboxylic acids is 1. The maximum Gasteiger partial charge on any atom is 0.336 e. The normalized spacial score (nSPS) is 11.8. The Kier molecular flexibility index (Phi) is 4.67. The number of benzene rings is 2. The SMILES string of the molecule is C/C=C/C=C(/C(=O)O)c1ccc(-c2ccc(F)cc2)cc1. The number of halogens is 1. The fourth-order valence-corrected chi connectivity index (χ4v) is 1.97. The van der Waals surface area contributed by atoms with Crippen LogP contribution in [0.5, 0.6) is 0 Å². The van der Waals surface area contributed by atoms with E-state index in [9.17, 15) is 14.3 Å². The molecule has 0 aromatic heterocycles. The van der Waals surface area contributed by atoms with Gasteiger partial charge in [-0.1, -0.05) is 48.6 Å². The van der Waals surface area contributed by atoms with E-state index in [-0.39, 0.29) is 11.4 Å². The maximum absolute atomic E-state index is 12.9. The van der Waals surface area contributed by atoms with Crippen LogP contribution < -0.4 is 0 Å². The molecular weight excluding hydrogens is 267 g/mol. The highest BCUT2D eigenvalue weighted by molar-refractivity contribution is 6.15. The van der Waals surface area contributed by atoms with Crippen LogP contribution in [0.3, 0.4) is 0 Å². The summed E-state index contributed by atoms with van der Waals surface area (Å²) in [5.74, 6) is -1.25. The van der Waals surface area contributed by atoms with E-state index in [1.54, 1.807) is 42.5 Å². The molecule has 0 aliphatic heterocycles. The van der Waals surface area contributed by atoms with Crippen LogP contribution in [0.15, 0.2) is 66.8 Å². The summed E-state index contributed by atoms with van der Waals surface area (Å²) >= 11 is 0. The number of rotatable bonds is 4. The van der Waals surface area contributed by atoms with Gasteiger partial charge in [0, 0.05) is 0 Å². The van der Waals surface area contributed by atoms with Crippen LogP contribution in [0.25, 0.3) is 16.7 Å². The van der Waals surface area contributed by atoms with Crippen LogP contribution >= 0.6 is 0 Å². The van der Waals surface area contributed by atoms with Crippen molar-refractivity contribution in [1.82, 2.24) is 0 Å². The van der Waals surface area contributed by atoms with Crippen molar-refractivity contribution in [3.8, 4) is 11.1 Å². The molecule has 2 aromatic carbocycles. The van der Waals surface area contributed by atoms with Gasteiger partial charge in [0.2, 0.25) is 0 Å². The third kappa shape index (κ3) is 3.66. The van der Waals surface area contributed by atoms with Crippen molar-refractivity contribution in [2.24, 2.45) is 0 Å². The van der Waals surface area contributed by atoms with Crippen LogP contribution in [0, 0.1) is 5.82 Å². The number of carbonyl (C=O) groups is 1. The Labute approximate surface area is 122 Å². The van der Waals surface area contributed by atoms with Crippen molar-refractivity contribution in [2.45, 2.75) is 6.92 Å². The van der Waals surface area contributed by atoms with E-state index < -0.39 is 5.97 Å². The fraction of sp³-hybridized carbons (Fsp3) is 0.0556. The topological polar surface area (TPSA) is 37.3 Å². The Balaban J connectivity index is 2.33. The molecule has 0 aliphatic carbocycles. The largest absolute Gasteiger partial charge is 0.478 e. The second-order valence-electron chi connectivity index (χ2n) is 4.50. The number of allylic oxidation sites excluding steroid dienone is 3. The standard InChI is InChI=1S/C18H15FO2/c1-2-3-4-17(18(20)21)15-7-5-13(6-8-15)14-9-11-16(19)12-10-14/h2-12H,1H3,(H,20,21)/b3-2+,17-4+. The van der Waals surface area contributed by atoms with Gasteiger partial charge in [0.1, 0.15) is 5.82 Å². The molecule has 1 N–H and O–H groups in total. The molecule has 2 nitrogen and oxygen atoms in total. The van der Waals surface area contributed by atoms with E-state index in [2.05, 4.69) is 0 Å². The molecule has 0 bridgehead atoms. The Morgan fingerprint density at radius 1 is 1.00 bits per heavy atom. The van der Waals surface area contributed by atoms with Gasteiger partial charge in [-0.05, 0) is 41.8 Å². The molecule has 0 spiro atoms. The highest BCUT2D eigenvalue weighted by atomic mass is 19.1. The van der Waals surface area contributed by atoms with Crippen LogP contribution in [-0.2, 0) is 4.79 Å². The summed E-state index contributed by atoms with van der Waals surface area (Å²) in [6.45, 7) is 1.83. The average molecular weight is 282 g/mol. The lowest BCUT2D eigenvalue weighted by Crippen LogP contribution is -1.99. The van der Waals surface area contributed by atoms with E-state index in [1.165, 1.54) is 12.1 Å². The third-order valence-electron chi connectivity index (χ3n) is 3.06. The lowest BCUT2D eigenvalue weighted by molar-refractivity contribution is -0.130. The van der Waals surface area contributed by atoms with Gasteiger partial charge < -0.3 is 5.11 Å². The summed E-state index contributed by atoms with van der Waals surface area (Å²) in [6.07, 6.45) is 5.03. The van der Waals surface area contributed by atoms with Gasteiger partial charge in [0.05, 0.1) is 5.57 Å². The summed E-state index contributed by atoms with van der Waals surface area (Å²) in [6, 6.07) is 13.3. The molecule has 0 unspecified atom stereocenters. The van der Waals surface area contributed by atoms with E-state index in [0.29, 0.717) is 5.56 Å². The van der Waals surface area contributed by atoms with E-state index >= 15 is 0 Å². The molecule has 2 aromatic rings. The molecule has 0 saturated heterocycles. The molecule has 3 heteroatoms. The minimum absolute atomic E-state index is 0.235. The van der Waals surface area contributed by atoms with E-state index in [0.717, 1.165) is 11.1 Å². The minimum atomic E-state index is -0.970. The molecule has 0 radical (unpaired) electrons. The molecule has 2 rings (SSSR count). The lowest BCUT2D eigenvalue weighted by atomic mass is 10.00. The van der Waals surface area contributed by atoms with Crippen molar-refractivity contribution in [3.63, 3.8) is 0 Å². The molecule has 0 atom stereocenters. The molecule has 0 saturated carbocycles. The van der Waals surface area contributed by atoms with Crippen LogP contribution in [0.2, 0.25) is 0 Å². The first-order chi connectivity index (χ1) is 10.1. The van der Waals surface area contributed by atoms with Crippen LogP contribution in [0.1, 0.15) is 12.5 Å². The Hall–Kier alpha value is -2.68. The predicted octanol–water partition coefficient (Wildman–Crippen LogP) is 4.54. The van der Waals surface area contributed by atoms with Crippen molar-refractivity contribution in [2.75, 3.05) is 0 Å². The van der Waals surface area contributed by atoms with Gasteiger partial charge in [0.25, 0.3) is 0 Å². The van der Waals surface area contributed by atoms with Gasteiger partial charge in [0.15, 0.2) is 0 Å².